The van der Waals surface area contributed by atoms with E-state index in [1.807, 2.05) is 0 Å². The molecule has 0 heterocycles. The minimum absolute atomic E-state index is 0.772. The number of nitrogens with zero attached hydrogens (tertiary/aromatic N) is 1. The van der Waals surface area contributed by atoms with Crippen molar-refractivity contribution in [3.63, 3.8) is 0 Å². The van der Waals surface area contributed by atoms with Crippen molar-refractivity contribution in [3.8, 4) is 0 Å². The van der Waals surface area contributed by atoms with Gasteiger partial charge in [0.05, 0.1) is 0 Å². The molecule has 4 nitrogen and oxygen atoms in total. The van der Waals surface area contributed by atoms with Crippen LogP contribution in [0.25, 0.3) is 0 Å². The average molecular weight is 278 g/mol. The van der Waals surface area contributed by atoms with Crippen LogP contribution in [0, 0.1) is 0 Å². The Balaban J connectivity index is 1.91. The Morgan fingerprint density at radius 1 is 0.950 bits per heavy atom. The summed E-state index contributed by atoms with van der Waals surface area (Å²) >= 11 is 0. The Labute approximate surface area is 123 Å². The number of hydrogen-bond acceptors (Lipinski definition) is 4. The van der Waals surface area contributed by atoms with Gasteiger partial charge in [0.2, 0.25) is 0 Å². The van der Waals surface area contributed by atoms with Crippen molar-refractivity contribution in [2.75, 3.05) is 46.3 Å². The highest BCUT2D eigenvalue weighted by Gasteiger charge is 1.99. The normalized spacial score (nSPS) is 11.2. The van der Waals surface area contributed by atoms with E-state index in [0.29, 0.717) is 0 Å². The number of rotatable bonds is 12. The standard InChI is InChI=1S/C16H30N4/c1-20(15-16-7-3-2-4-8-16)14-6-11-19-13-12-18-10-5-9-17/h2-4,7-8,18-19H,5-6,9-15,17H2,1H3. The molecule has 0 aliphatic rings. The van der Waals surface area contributed by atoms with Gasteiger partial charge in [-0.1, -0.05) is 30.3 Å². The van der Waals surface area contributed by atoms with Gasteiger partial charge in [-0.2, -0.15) is 0 Å². The van der Waals surface area contributed by atoms with Crippen LogP contribution >= 0.6 is 0 Å². The summed E-state index contributed by atoms with van der Waals surface area (Å²) in [6.07, 6.45) is 2.25. The molecule has 1 aromatic rings. The maximum Gasteiger partial charge on any atom is 0.0230 e. The Bertz CT molecular complexity index is 316. The Kier molecular flexibility index (Phi) is 10.1. The third kappa shape index (κ3) is 9.04. The maximum absolute atomic E-state index is 5.43. The van der Waals surface area contributed by atoms with Gasteiger partial charge in [0.15, 0.2) is 0 Å². The summed E-state index contributed by atoms with van der Waals surface area (Å²) in [6.45, 7) is 7.10. The molecule has 0 bridgehead atoms. The molecule has 0 saturated heterocycles. The largest absolute Gasteiger partial charge is 0.330 e. The van der Waals surface area contributed by atoms with E-state index in [1.54, 1.807) is 0 Å². The second-order valence-corrected chi connectivity index (χ2v) is 5.22. The van der Waals surface area contributed by atoms with Crippen LogP contribution in [-0.2, 0) is 6.54 Å². The van der Waals surface area contributed by atoms with Gasteiger partial charge in [-0.05, 0) is 51.6 Å². The summed E-state index contributed by atoms with van der Waals surface area (Å²) in [4.78, 5) is 2.37. The van der Waals surface area contributed by atoms with Crippen LogP contribution < -0.4 is 16.4 Å². The van der Waals surface area contributed by atoms with Crippen molar-refractivity contribution >= 4 is 0 Å². The summed E-state index contributed by atoms with van der Waals surface area (Å²) < 4.78 is 0. The van der Waals surface area contributed by atoms with Crippen LogP contribution in [0.1, 0.15) is 18.4 Å². The molecule has 1 aromatic carbocycles. The second-order valence-electron chi connectivity index (χ2n) is 5.22. The minimum atomic E-state index is 0.772. The molecule has 0 unspecified atom stereocenters. The number of benzene rings is 1. The lowest BCUT2D eigenvalue weighted by Crippen LogP contribution is -2.30. The lowest BCUT2D eigenvalue weighted by molar-refractivity contribution is 0.319. The van der Waals surface area contributed by atoms with Crippen LogP contribution in [0.4, 0.5) is 0 Å². The van der Waals surface area contributed by atoms with Gasteiger partial charge in [-0.25, -0.2) is 0 Å². The van der Waals surface area contributed by atoms with E-state index in [0.717, 1.165) is 52.2 Å². The number of nitrogens with one attached hydrogen (secondary N) is 2. The third-order valence-corrected chi connectivity index (χ3v) is 3.22. The van der Waals surface area contributed by atoms with Gasteiger partial charge in [0, 0.05) is 19.6 Å². The van der Waals surface area contributed by atoms with Gasteiger partial charge < -0.3 is 21.3 Å². The number of nitrogens with two attached hydrogens (primary N) is 1. The minimum Gasteiger partial charge on any atom is -0.330 e. The maximum atomic E-state index is 5.43. The van der Waals surface area contributed by atoms with Gasteiger partial charge in [-0.15, -0.1) is 0 Å². The van der Waals surface area contributed by atoms with Crippen molar-refractivity contribution in [1.82, 2.24) is 15.5 Å². The highest BCUT2D eigenvalue weighted by molar-refractivity contribution is 5.14. The molecule has 0 fully saturated rings. The summed E-state index contributed by atoms with van der Waals surface area (Å²) in [6, 6.07) is 10.6. The lowest BCUT2D eigenvalue weighted by Gasteiger charge is -2.16. The molecular formula is C16H30N4. The van der Waals surface area contributed by atoms with Gasteiger partial charge in [-0.3, -0.25) is 0 Å². The second kappa shape index (κ2) is 11.9. The van der Waals surface area contributed by atoms with Crippen LogP contribution in [0.2, 0.25) is 0 Å². The molecule has 0 aromatic heterocycles. The first kappa shape index (κ1) is 17.1. The molecule has 0 radical (unpaired) electrons. The lowest BCUT2D eigenvalue weighted by atomic mass is 10.2. The molecule has 0 aliphatic carbocycles. The highest BCUT2D eigenvalue weighted by atomic mass is 15.1. The molecule has 0 atom stereocenters. The molecule has 0 saturated carbocycles. The Morgan fingerprint density at radius 2 is 1.60 bits per heavy atom. The molecule has 20 heavy (non-hydrogen) atoms. The van der Waals surface area contributed by atoms with E-state index < -0.39 is 0 Å². The van der Waals surface area contributed by atoms with Crippen LogP contribution in [0.15, 0.2) is 30.3 Å². The third-order valence-electron chi connectivity index (χ3n) is 3.22. The first-order valence-corrected chi connectivity index (χ1v) is 7.67. The zero-order chi connectivity index (χ0) is 14.5. The van der Waals surface area contributed by atoms with E-state index in [4.69, 9.17) is 5.73 Å². The van der Waals surface area contributed by atoms with Gasteiger partial charge in [0.25, 0.3) is 0 Å². The van der Waals surface area contributed by atoms with Crippen molar-refractivity contribution in [2.45, 2.75) is 19.4 Å². The zero-order valence-corrected chi connectivity index (χ0v) is 12.8. The molecule has 0 aliphatic heterocycles. The molecule has 114 valence electrons. The molecule has 4 heteroatoms. The van der Waals surface area contributed by atoms with Crippen molar-refractivity contribution < 1.29 is 0 Å². The average Bonchev–Trinajstić information content (AvgIpc) is 2.46. The van der Waals surface area contributed by atoms with E-state index in [1.165, 1.54) is 12.0 Å². The van der Waals surface area contributed by atoms with E-state index in [9.17, 15) is 0 Å². The Hall–Kier alpha value is -0.940. The zero-order valence-electron chi connectivity index (χ0n) is 12.8. The first-order valence-electron chi connectivity index (χ1n) is 7.67. The van der Waals surface area contributed by atoms with Crippen molar-refractivity contribution in [3.05, 3.63) is 35.9 Å². The molecule has 4 N–H and O–H groups in total. The summed E-state index contributed by atoms with van der Waals surface area (Å²) in [5.41, 5.74) is 6.81. The van der Waals surface area contributed by atoms with Crippen molar-refractivity contribution in [1.29, 1.82) is 0 Å². The predicted octanol–water partition coefficient (Wildman–Crippen LogP) is 1.04. The fourth-order valence-corrected chi connectivity index (χ4v) is 2.10. The number of hydrogen-bond donors (Lipinski definition) is 3. The molecular weight excluding hydrogens is 248 g/mol. The van der Waals surface area contributed by atoms with Crippen LogP contribution in [0.3, 0.4) is 0 Å². The van der Waals surface area contributed by atoms with Gasteiger partial charge >= 0.3 is 0 Å². The molecule has 0 spiro atoms. The molecule has 1 rings (SSSR count). The predicted molar refractivity (Wildman–Crippen MR) is 86.8 cm³/mol. The SMILES string of the molecule is CN(CCCNCCNCCCN)Cc1ccccc1. The van der Waals surface area contributed by atoms with Crippen LogP contribution in [-0.4, -0.2) is 51.2 Å². The topological polar surface area (TPSA) is 53.3 Å². The molecule has 0 amide bonds. The fourth-order valence-electron chi connectivity index (χ4n) is 2.10. The summed E-state index contributed by atoms with van der Waals surface area (Å²) in [7, 11) is 2.18. The quantitative estimate of drug-likeness (QED) is 0.500. The van der Waals surface area contributed by atoms with Crippen LogP contribution in [0.5, 0.6) is 0 Å². The van der Waals surface area contributed by atoms with Gasteiger partial charge in [0.1, 0.15) is 0 Å². The van der Waals surface area contributed by atoms with E-state index in [2.05, 4.69) is 52.9 Å². The van der Waals surface area contributed by atoms with E-state index >= 15 is 0 Å². The monoisotopic (exact) mass is 278 g/mol. The first-order chi connectivity index (χ1) is 9.83. The Morgan fingerprint density at radius 3 is 2.25 bits per heavy atom. The fraction of sp³-hybridized carbons (Fsp3) is 0.625. The van der Waals surface area contributed by atoms with E-state index in [-0.39, 0.29) is 0 Å². The van der Waals surface area contributed by atoms with Crippen molar-refractivity contribution in [2.24, 2.45) is 5.73 Å². The summed E-state index contributed by atoms with van der Waals surface area (Å²) in [5.74, 6) is 0. The highest BCUT2D eigenvalue weighted by Crippen LogP contribution is 2.02. The smallest absolute Gasteiger partial charge is 0.0230 e. The summed E-state index contributed by atoms with van der Waals surface area (Å²) in [5, 5.41) is 6.83.